The van der Waals surface area contributed by atoms with Crippen LogP contribution in [-0.2, 0) is 24.2 Å². The van der Waals surface area contributed by atoms with Gasteiger partial charge in [-0.05, 0) is 37.8 Å². The third-order valence-electron chi connectivity index (χ3n) is 4.03. The van der Waals surface area contributed by atoms with Crippen LogP contribution < -0.4 is 11.0 Å². The van der Waals surface area contributed by atoms with Crippen LogP contribution in [0.1, 0.15) is 24.1 Å². The van der Waals surface area contributed by atoms with Crippen molar-refractivity contribution in [3.8, 4) is 0 Å². The normalized spacial score (nSPS) is 12.8. The van der Waals surface area contributed by atoms with Crippen molar-refractivity contribution in [3.05, 3.63) is 46.3 Å². The first-order chi connectivity index (χ1) is 12.2. The van der Waals surface area contributed by atoms with E-state index in [4.69, 9.17) is 5.11 Å². The zero-order chi connectivity index (χ0) is 17.6. The van der Waals surface area contributed by atoms with Gasteiger partial charge in [-0.15, -0.1) is 0 Å². The lowest BCUT2D eigenvalue weighted by molar-refractivity contribution is -0.113. The highest BCUT2D eigenvalue weighted by Crippen LogP contribution is 2.29. The molecule has 0 bridgehead atoms. The van der Waals surface area contributed by atoms with E-state index in [1.165, 1.54) is 11.8 Å². The summed E-state index contributed by atoms with van der Waals surface area (Å²) in [4.78, 5) is 32.5. The fourth-order valence-corrected chi connectivity index (χ4v) is 3.81. The number of carbonyl (C=O) groups is 1. The van der Waals surface area contributed by atoms with E-state index in [-0.39, 0.29) is 24.0 Å². The van der Waals surface area contributed by atoms with Gasteiger partial charge in [0.2, 0.25) is 5.91 Å². The summed E-state index contributed by atoms with van der Waals surface area (Å²) in [5, 5.41) is 12.4. The molecule has 0 fully saturated rings. The predicted molar refractivity (Wildman–Crippen MR) is 95.8 cm³/mol. The average molecular weight is 360 g/mol. The molecule has 25 heavy (non-hydrogen) atoms. The molecule has 0 atom stereocenters. The van der Waals surface area contributed by atoms with Crippen LogP contribution in [0.15, 0.2) is 34.3 Å². The van der Waals surface area contributed by atoms with Gasteiger partial charge in [0.15, 0.2) is 0 Å². The van der Waals surface area contributed by atoms with E-state index in [1.54, 1.807) is 29.1 Å². The summed E-state index contributed by atoms with van der Waals surface area (Å²) in [5.41, 5.74) is 2.41. The van der Waals surface area contributed by atoms with E-state index >= 15 is 0 Å². The monoisotopic (exact) mass is 360 g/mol. The Balaban J connectivity index is 1.71. The van der Waals surface area contributed by atoms with Gasteiger partial charge in [-0.3, -0.25) is 14.3 Å². The van der Waals surface area contributed by atoms with Gasteiger partial charge in [-0.25, -0.2) is 4.79 Å². The summed E-state index contributed by atoms with van der Waals surface area (Å²) >= 11 is 1.29. The number of hydrogen-bond acceptors (Lipinski definition) is 6. The molecule has 2 aromatic heterocycles. The average Bonchev–Trinajstić information content (AvgIpc) is 3.10. The molecule has 132 valence electrons. The molecule has 1 aliphatic carbocycles. The van der Waals surface area contributed by atoms with E-state index in [9.17, 15) is 9.59 Å². The number of nitrogens with zero attached hydrogens (tertiary/aromatic N) is 3. The van der Waals surface area contributed by atoms with Crippen molar-refractivity contribution in [3.63, 3.8) is 0 Å². The molecule has 2 heterocycles. The van der Waals surface area contributed by atoms with Gasteiger partial charge < -0.3 is 10.4 Å². The molecular weight excluding hydrogens is 340 g/mol. The van der Waals surface area contributed by atoms with E-state index < -0.39 is 0 Å². The summed E-state index contributed by atoms with van der Waals surface area (Å²) in [7, 11) is 0. The van der Waals surface area contributed by atoms with Crippen molar-refractivity contribution < 1.29 is 9.90 Å². The Kier molecular flexibility index (Phi) is 5.83. The lowest BCUT2D eigenvalue weighted by atomic mass is 10.2. The lowest BCUT2D eigenvalue weighted by Crippen LogP contribution is -2.28. The number of anilines is 1. The second-order valence-electron chi connectivity index (χ2n) is 5.79. The molecule has 0 spiro atoms. The molecule has 0 radical (unpaired) electrons. The van der Waals surface area contributed by atoms with Crippen LogP contribution in [0.2, 0.25) is 0 Å². The molecule has 7 nitrogen and oxygen atoms in total. The molecule has 1 amide bonds. The number of pyridine rings is 1. The Morgan fingerprint density at radius 1 is 1.40 bits per heavy atom. The topological polar surface area (TPSA) is 97.1 Å². The number of hydrogen-bond donors (Lipinski definition) is 2. The van der Waals surface area contributed by atoms with Crippen LogP contribution in [0.4, 0.5) is 5.69 Å². The minimum Gasteiger partial charge on any atom is -0.396 e. The van der Waals surface area contributed by atoms with Crippen LogP contribution >= 0.6 is 11.8 Å². The Morgan fingerprint density at radius 2 is 2.28 bits per heavy atom. The van der Waals surface area contributed by atoms with Gasteiger partial charge in [0.1, 0.15) is 5.03 Å². The van der Waals surface area contributed by atoms with Crippen LogP contribution in [0.5, 0.6) is 0 Å². The number of aliphatic hydroxyl groups excluding tert-OH is 1. The first kappa shape index (κ1) is 17.6. The number of nitrogens with one attached hydrogen (secondary N) is 1. The van der Waals surface area contributed by atoms with Gasteiger partial charge in [0.25, 0.3) is 0 Å². The molecule has 0 saturated carbocycles. The molecule has 0 aliphatic heterocycles. The van der Waals surface area contributed by atoms with Crippen molar-refractivity contribution >= 4 is 23.4 Å². The molecular formula is C17H20N4O3S. The third-order valence-corrected chi connectivity index (χ3v) is 5.04. The van der Waals surface area contributed by atoms with Gasteiger partial charge in [0.05, 0.1) is 17.6 Å². The van der Waals surface area contributed by atoms with Crippen LogP contribution in [0, 0.1) is 0 Å². The Morgan fingerprint density at radius 3 is 3.04 bits per heavy atom. The molecule has 3 rings (SSSR count). The number of fused-ring (bicyclic) bond motifs is 1. The zero-order valence-corrected chi connectivity index (χ0v) is 14.6. The molecule has 0 unspecified atom stereocenters. The minimum absolute atomic E-state index is 0.0478. The fraction of sp³-hybridized carbons (Fsp3) is 0.412. The van der Waals surface area contributed by atoms with Crippen LogP contribution in [-0.4, -0.2) is 37.9 Å². The summed E-state index contributed by atoms with van der Waals surface area (Å²) in [6.07, 6.45) is 6.45. The summed E-state index contributed by atoms with van der Waals surface area (Å²) < 4.78 is 1.67. The molecule has 8 heteroatoms. The summed E-state index contributed by atoms with van der Waals surface area (Å²) in [6.45, 7) is 0.531. The largest absolute Gasteiger partial charge is 0.396 e. The highest BCUT2D eigenvalue weighted by atomic mass is 32.2. The maximum absolute atomic E-state index is 12.3. The number of aliphatic hydroxyl groups is 1. The van der Waals surface area contributed by atoms with Gasteiger partial charge in [-0.1, -0.05) is 11.8 Å². The zero-order valence-electron chi connectivity index (χ0n) is 13.8. The Hall–Kier alpha value is -2.19. The quantitative estimate of drug-likeness (QED) is 0.570. The smallest absolute Gasteiger partial charge is 0.348 e. The van der Waals surface area contributed by atoms with Gasteiger partial charge >= 0.3 is 5.69 Å². The van der Waals surface area contributed by atoms with E-state index in [1.807, 2.05) is 0 Å². The maximum Gasteiger partial charge on any atom is 0.348 e. The fourth-order valence-electron chi connectivity index (χ4n) is 2.93. The van der Waals surface area contributed by atoms with Gasteiger partial charge in [0, 0.05) is 30.6 Å². The van der Waals surface area contributed by atoms with Crippen molar-refractivity contribution in [2.24, 2.45) is 0 Å². The number of rotatable bonds is 7. The Bertz CT molecular complexity index is 808. The Labute approximate surface area is 149 Å². The molecule has 0 aromatic carbocycles. The minimum atomic E-state index is -0.302. The van der Waals surface area contributed by atoms with Crippen molar-refractivity contribution in [1.29, 1.82) is 0 Å². The standard InChI is InChI=1S/C17H20N4O3S/c22-9-3-8-21-14-6-1-5-13(14)16(20-17(21)24)25-11-15(23)19-12-4-2-7-18-10-12/h2,4,7,10,22H,1,3,5-6,8-9,11H2,(H,19,23). The number of aromatic nitrogens is 3. The van der Waals surface area contributed by atoms with E-state index in [0.717, 1.165) is 30.5 Å². The first-order valence-corrected chi connectivity index (χ1v) is 9.23. The molecule has 1 aliphatic rings. The summed E-state index contributed by atoms with van der Waals surface area (Å²) in [6, 6.07) is 3.52. The molecule has 2 N–H and O–H groups in total. The van der Waals surface area contributed by atoms with Crippen LogP contribution in [0.25, 0.3) is 0 Å². The van der Waals surface area contributed by atoms with Gasteiger partial charge in [-0.2, -0.15) is 4.98 Å². The first-order valence-electron chi connectivity index (χ1n) is 8.25. The summed E-state index contributed by atoms with van der Waals surface area (Å²) in [5.74, 6) is 0.0324. The van der Waals surface area contributed by atoms with Crippen molar-refractivity contribution in [2.75, 3.05) is 17.7 Å². The van der Waals surface area contributed by atoms with Crippen molar-refractivity contribution in [1.82, 2.24) is 14.5 Å². The second kappa shape index (κ2) is 8.26. The van der Waals surface area contributed by atoms with E-state index in [2.05, 4.69) is 15.3 Å². The van der Waals surface area contributed by atoms with Crippen molar-refractivity contribution in [2.45, 2.75) is 37.3 Å². The second-order valence-corrected chi connectivity index (χ2v) is 6.75. The predicted octanol–water partition coefficient (Wildman–Crippen LogP) is 1.24. The number of thioether (sulfide) groups is 1. The SMILES string of the molecule is O=C(CSc1nc(=O)n(CCCO)c2c1CCC2)Nc1cccnc1. The number of amides is 1. The molecule has 2 aromatic rings. The lowest BCUT2D eigenvalue weighted by Gasteiger charge is -2.13. The molecule has 0 saturated heterocycles. The third kappa shape index (κ3) is 4.26. The number of carbonyl (C=O) groups excluding carboxylic acids is 1. The maximum atomic E-state index is 12.3. The highest BCUT2D eigenvalue weighted by Gasteiger charge is 2.22. The van der Waals surface area contributed by atoms with E-state index in [0.29, 0.717) is 23.7 Å². The van der Waals surface area contributed by atoms with Crippen LogP contribution in [0.3, 0.4) is 0 Å². The highest BCUT2D eigenvalue weighted by molar-refractivity contribution is 8.00.